The molecule has 0 unspecified atom stereocenters. The zero-order valence-corrected chi connectivity index (χ0v) is 10.3. The van der Waals surface area contributed by atoms with Gasteiger partial charge in [-0.15, -0.1) is 0 Å². The van der Waals surface area contributed by atoms with Crippen LogP contribution in [-0.4, -0.2) is 11.2 Å². The molecular formula is C15H9NO4. The Labute approximate surface area is 113 Å². The Bertz CT molecular complexity index is 805. The lowest BCUT2D eigenvalue weighted by Gasteiger charge is -1.97. The van der Waals surface area contributed by atoms with E-state index >= 15 is 0 Å². The van der Waals surface area contributed by atoms with Gasteiger partial charge in [-0.25, -0.2) is 0 Å². The number of rotatable bonds is 3. The van der Waals surface area contributed by atoms with E-state index in [1.807, 2.05) is 6.07 Å². The number of hydrogen-bond acceptors (Lipinski definition) is 4. The van der Waals surface area contributed by atoms with Gasteiger partial charge in [0.15, 0.2) is 11.9 Å². The van der Waals surface area contributed by atoms with Crippen LogP contribution in [0.4, 0.5) is 5.88 Å². The first kappa shape index (κ1) is 12.1. The molecule has 98 valence electrons. The minimum absolute atomic E-state index is 0.244. The van der Waals surface area contributed by atoms with Crippen LogP contribution >= 0.6 is 0 Å². The minimum Gasteiger partial charge on any atom is -0.399 e. The maximum absolute atomic E-state index is 11.2. The maximum Gasteiger partial charge on any atom is 0.442 e. The van der Waals surface area contributed by atoms with E-state index in [0.29, 0.717) is 28.4 Å². The van der Waals surface area contributed by atoms with Crippen LogP contribution in [0.1, 0.15) is 10.4 Å². The number of hydrogen-bond donors (Lipinski definition) is 0. The normalized spacial score (nSPS) is 10.6. The van der Waals surface area contributed by atoms with Gasteiger partial charge in [0.25, 0.3) is 0 Å². The van der Waals surface area contributed by atoms with Crippen molar-refractivity contribution in [2.75, 3.05) is 0 Å². The van der Waals surface area contributed by atoms with Crippen molar-refractivity contribution in [2.24, 2.45) is 0 Å². The molecule has 0 amide bonds. The highest BCUT2D eigenvalue weighted by Gasteiger charge is 2.26. The molecule has 3 rings (SSSR count). The SMILES string of the molecule is O=Cc1cccc2c(-c3ccccc3)c([N+](=O)[O-])oc12. The summed E-state index contributed by atoms with van der Waals surface area (Å²) in [6.07, 6.45) is 0.629. The fourth-order valence-electron chi connectivity index (χ4n) is 2.23. The smallest absolute Gasteiger partial charge is 0.399 e. The summed E-state index contributed by atoms with van der Waals surface area (Å²) in [5.74, 6) is -0.347. The van der Waals surface area contributed by atoms with E-state index in [1.165, 1.54) is 0 Å². The number of nitrogens with zero attached hydrogens (tertiary/aromatic N) is 1. The molecule has 1 aromatic heterocycles. The van der Waals surface area contributed by atoms with Crippen LogP contribution in [0.5, 0.6) is 0 Å². The highest BCUT2D eigenvalue weighted by Crippen LogP contribution is 2.40. The second kappa shape index (κ2) is 4.62. The first-order chi connectivity index (χ1) is 9.72. The third kappa shape index (κ3) is 1.76. The van der Waals surface area contributed by atoms with Crippen LogP contribution in [-0.2, 0) is 0 Å². The first-order valence-electron chi connectivity index (χ1n) is 5.93. The summed E-state index contributed by atoms with van der Waals surface area (Å²) >= 11 is 0. The van der Waals surface area contributed by atoms with Gasteiger partial charge in [0.1, 0.15) is 10.5 Å². The highest BCUT2D eigenvalue weighted by molar-refractivity contribution is 6.04. The third-order valence-corrected chi connectivity index (χ3v) is 3.08. The molecule has 0 aliphatic heterocycles. The molecule has 0 spiro atoms. The van der Waals surface area contributed by atoms with Gasteiger partial charge in [-0.1, -0.05) is 42.5 Å². The first-order valence-corrected chi connectivity index (χ1v) is 5.93. The number of benzene rings is 2. The Kier molecular flexibility index (Phi) is 2.80. The summed E-state index contributed by atoms with van der Waals surface area (Å²) in [6, 6.07) is 13.9. The summed E-state index contributed by atoms with van der Waals surface area (Å²) in [5, 5.41) is 11.8. The molecule has 0 bridgehead atoms. The van der Waals surface area contributed by atoms with Crippen molar-refractivity contribution < 1.29 is 14.1 Å². The van der Waals surface area contributed by atoms with E-state index in [-0.39, 0.29) is 11.5 Å². The van der Waals surface area contributed by atoms with Crippen LogP contribution in [0.3, 0.4) is 0 Å². The van der Waals surface area contributed by atoms with E-state index in [2.05, 4.69) is 0 Å². The molecule has 0 atom stereocenters. The van der Waals surface area contributed by atoms with Crippen LogP contribution in [0.15, 0.2) is 52.9 Å². The highest BCUT2D eigenvalue weighted by atomic mass is 16.6. The van der Waals surface area contributed by atoms with Crippen molar-refractivity contribution in [1.82, 2.24) is 0 Å². The molecule has 1 heterocycles. The van der Waals surface area contributed by atoms with E-state index in [1.54, 1.807) is 42.5 Å². The van der Waals surface area contributed by atoms with Crippen LogP contribution in [0.25, 0.3) is 22.1 Å². The number of carbonyl (C=O) groups is 1. The van der Waals surface area contributed by atoms with Gasteiger partial charge in [0.05, 0.1) is 5.56 Å². The average Bonchev–Trinajstić information content (AvgIpc) is 2.87. The monoisotopic (exact) mass is 267 g/mol. The molecule has 5 nitrogen and oxygen atoms in total. The Morgan fingerprint density at radius 2 is 1.80 bits per heavy atom. The molecular weight excluding hydrogens is 258 g/mol. The summed E-state index contributed by atoms with van der Waals surface area (Å²) in [5.41, 5.74) is 1.62. The quantitative estimate of drug-likeness (QED) is 0.410. The molecule has 20 heavy (non-hydrogen) atoms. The summed E-state index contributed by atoms with van der Waals surface area (Å²) in [7, 11) is 0. The fraction of sp³-hybridized carbons (Fsp3) is 0. The molecule has 0 aliphatic carbocycles. The zero-order valence-electron chi connectivity index (χ0n) is 10.3. The van der Waals surface area contributed by atoms with Gasteiger partial charge >= 0.3 is 5.88 Å². The third-order valence-electron chi connectivity index (χ3n) is 3.08. The Hall–Kier alpha value is -2.95. The van der Waals surface area contributed by atoms with Gasteiger partial charge in [0, 0.05) is 5.39 Å². The zero-order chi connectivity index (χ0) is 14.1. The number of para-hydroxylation sites is 1. The van der Waals surface area contributed by atoms with Gasteiger partial charge in [0.2, 0.25) is 0 Å². The largest absolute Gasteiger partial charge is 0.442 e. The lowest BCUT2D eigenvalue weighted by atomic mass is 10.0. The summed E-state index contributed by atoms with van der Waals surface area (Å²) in [4.78, 5) is 21.6. The van der Waals surface area contributed by atoms with E-state index < -0.39 is 4.92 Å². The maximum atomic E-state index is 11.2. The number of nitro groups is 1. The van der Waals surface area contributed by atoms with E-state index in [0.717, 1.165) is 0 Å². The molecule has 5 heteroatoms. The van der Waals surface area contributed by atoms with Crippen LogP contribution in [0, 0.1) is 10.1 Å². The van der Waals surface area contributed by atoms with Crippen LogP contribution < -0.4 is 0 Å². The number of fused-ring (bicyclic) bond motifs is 1. The molecule has 0 fully saturated rings. The average molecular weight is 267 g/mol. The van der Waals surface area contributed by atoms with Gasteiger partial charge in [-0.3, -0.25) is 14.9 Å². The van der Waals surface area contributed by atoms with Crippen molar-refractivity contribution in [3.63, 3.8) is 0 Å². The molecule has 0 saturated heterocycles. The summed E-state index contributed by atoms with van der Waals surface area (Å²) in [6.45, 7) is 0. The standard InChI is InChI=1S/C15H9NO4/c17-9-11-7-4-8-12-13(10-5-2-1-3-6-10)15(16(18)19)20-14(11)12/h1-9H. The molecule has 3 aromatic rings. The number of furan rings is 1. The van der Waals surface area contributed by atoms with Gasteiger partial charge < -0.3 is 4.42 Å². The lowest BCUT2D eigenvalue weighted by molar-refractivity contribution is -0.400. The van der Waals surface area contributed by atoms with Gasteiger partial charge in [-0.2, -0.15) is 0 Å². The molecule has 0 saturated carbocycles. The Balaban J connectivity index is 2.42. The molecule has 0 N–H and O–H groups in total. The van der Waals surface area contributed by atoms with Crippen molar-refractivity contribution in [3.8, 4) is 11.1 Å². The second-order valence-corrected chi connectivity index (χ2v) is 4.25. The molecule has 2 aromatic carbocycles. The second-order valence-electron chi connectivity index (χ2n) is 4.25. The Morgan fingerprint density at radius 3 is 2.45 bits per heavy atom. The van der Waals surface area contributed by atoms with Crippen molar-refractivity contribution >= 4 is 23.1 Å². The fourth-order valence-corrected chi connectivity index (χ4v) is 2.23. The molecule has 0 radical (unpaired) electrons. The van der Waals surface area contributed by atoms with Crippen molar-refractivity contribution in [3.05, 3.63) is 64.2 Å². The predicted octanol–water partition coefficient (Wildman–Crippen LogP) is 3.82. The summed E-state index contributed by atoms with van der Waals surface area (Å²) < 4.78 is 5.31. The lowest BCUT2D eigenvalue weighted by Crippen LogP contribution is -1.87. The predicted molar refractivity (Wildman–Crippen MR) is 73.7 cm³/mol. The van der Waals surface area contributed by atoms with Crippen LogP contribution in [0.2, 0.25) is 0 Å². The molecule has 0 aliphatic rings. The number of aldehydes is 1. The topological polar surface area (TPSA) is 73.3 Å². The Morgan fingerprint density at radius 1 is 1.05 bits per heavy atom. The number of carbonyl (C=O) groups excluding carboxylic acids is 1. The van der Waals surface area contributed by atoms with E-state index in [4.69, 9.17) is 4.42 Å². The van der Waals surface area contributed by atoms with Crippen molar-refractivity contribution in [2.45, 2.75) is 0 Å². The van der Waals surface area contributed by atoms with E-state index in [9.17, 15) is 14.9 Å². The van der Waals surface area contributed by atoms with Crippen molar-refractivity contribution in [1.29, 1.82) is 0 Å². The minimum atomic E-state index is -0.573. The van der Waals surface area contributed by atoms with Gasteiger partial charge in [-0.05, 0) is 11.6 Å².